The van der Waals surface area contributed by atoms with E-state index in [9.17, 15) is 13.9 Å². The molecule has 1 aliphatic heterocycles. The number of hydrogen-bond acceptors (Lipinski definition) is 4. The SMILES string of the molecule is OCC(F)(F)CNCC(O)CN1CCCC1. The minimum atomic E-state index is -3.10. The summed E-state index contributed by atoms with van der Waals surface area (Å²) in [7, 11) is 0. The standard InChI is InChI=1S/C10H20F2N2O2/c11-10(12,8-15)7-13-5-9(16)6-14-3-1-2-4-14/h9,13,15-16H,1-8H2. The summed E-state index contributed by atoms with van der Waals surface area (Å²) in [5, 5.41) is 20.4. The van der Waals surface area contributed by atoms with Crippen LogP contribution in [0.1, 0.15) is 12.8 Å². The molecule has 1 unspecified atom stereocenters. The molecule has 1 atom stereocenters. The lowest BCUT2D eigenvalue weighted by molar-refractivity contribution is -0.0491. The normalized spacial score (nSPS) is 20.2. The number of β-amino-alcohol motifs (C(OH)–C–C–N with tert-alkyl or cyclic N) is 1. The van der Waals surface area contributed by atoms with E-state index in [2.05, 4.69) is 10.2 Å². The molecule has 0 aromatic carbocycles. The van der Waals surface area contributed by atoms with E-state index in [0.717, 1.165) is 25.9 Å². The van der Waals surface area contributed by atoms with Crippen molar-refractivity contribution in [3.05, 3.63) is 0 Å². The number of alkyl halides is 2. The highest BCUT2D eigenvalue weighted by Gasteiger charge is 2.27. The van der Waals surface area contributed by atoms with Crippen LogP contribution in [-0.4, -0.2) is 66.5 Å². The van der Waals surface area contributed by atoms with Gasteiger partial charge in [-0.25, -0.2) is 8.78 Å². The van der Waals surface area contributed by atoms with Gasteiger partial charge in [0.05, 0.1) is 12.6 Å². The zero-order chi connectivity index (χ0) is 12.0. The molecular weight excluding hydrogens is 218 g/mol. The molecule has 0 saturated carbocycles. The van der Waals surface area contributed by atoms with E-state index < -0.39 is 25.2 Å². The molecule has 96 valence electrons. The number of aliphatic hydroxyl groups is 2. The zero-order valence-electron chi connectivity index (χ0n) is 9.33. The van der Waals surface area contributed by atoms with E-state index >= 15 is 0 Å². The quantitative estimate of drug-likeness (QED) is 0.568. The van der Waals surface area contributed by atoms with Crippen molar-refractivity contribution in [3.8, 4) is 0 Å². The van der Waals surface area contributed by atoms with Crippen LogP contribution >= 0.6 is 0 Å². The van der Waals surface area contributed by atoms with Crippen LogP contribution in [0.25, 0.3) is 0 Å². The topological polar surface area (TPSA) is 55.7 Å². The molecule has 0 amide bonds. The third-order valence-corrected chi connectivity index (χ3v) is 2.66. The van der Waals surface area contributed by atoms with Crippen LogP contribution in [0.4, 0.5) is 8.78 Å². The van der Waals surface area contributed by atoms with Crippen molar-refractivity contribution >= 4 is 0 Å². The van der Waals surface area contributed by atoms with Crippen LogP contribution in [0.2, 0.25) is 0 Å². The first-order valence-electron chi connectivity index (χ1n) is 5.63. The highest BCUT2D eigenvalue weighted by molar-refractivity contribution is 4.73. The van der Waals surface area contributed by atoms with Crippen molar-refractivity contribution in [1.29, 1.82) is 0 Å². The molecule has 1 rings (SSSR count). The van der Waals surface area contributed by atoms with Gasteiger partial charge in [-0.2, -0.15) is 0 Å². The fraction of sp³-hybridized carbons (Fsp3) is 1.00. The largest absolute Gasteiger partial charge is 0.390 e. The highest BCUT2D eigenvalue weighted by Crippen LogP contribution is 2.10. The van der Waals surface area contributed by atoms with Gasteiger partial charge in [-0.05, 0) is 25.9 Å². The van der Waals surface area contributed by atoms with Crippen LogP contribution in [0.15, 0.2) is 0 Å². The summed E-state index contributed by atoms with van der Waals surface area (Å²) in [6.07, 6.45) is 1.65. The lowest BCUT2D eigenvalue weighted by atomic mass is 10.3. The van der Waals surface area contributed by atoms with E-state index in [0.29, 0.717) is 6.54 Å². The maximum atomic E-state index is 12.6. The average Bonchev–Trinajstić information content (AvgIpc) is 2.70. The van der Waals surface area contributed by atoms with Gasteiger partial charge < -0.3 is 20.4 Å². The molecule has 1 aliphatic rings. The lowest BCUT2D eigenvalue weighted by Gasteiger charge is -2.20. The van der Waals surface area contributed by atoms with Crippen LogP contribution in [0.5, 0.6) is 0 Å². The Morgan fingerprint density at radius 1 is 1.31 bits per heavy atom. The van der Waals surface area contributed by atoms with E-state index in [1.165, 1.54) is 0 Å². The molecule has 1 heterocycles. The summed E-state index contributed by atoms with van der Waals surface area (Å²) < 4.78 is 25.2. The smallest absolute Gasteiger partial charge is 0.282 e. The van der Waals surface area contributed by atoms with Crippen molar-refractivity contribution < 1.29 is 19.0 Å². The average molecular weight is 238 g/mol. The zero-order valence-corrected chi connectivity index (χ0v) is 9.33. The Morgan fingerprint density at radius 3 is 2.50 bits per heavy atom. The van der Waals surface area contributed by atoms with Gasteiger partial charge in [0.2, 0.25) is 0 Å². The minimum Gasteiger partial charge on any atom is -0.390 e. The Kier molecular flexibility index (Phi) is 5.54. The van der Waals surface area contributed by atoms with Crippen molar-refractivity contribution in [1.82, 2.24) is 10.2 Å². The van der Waals surface area contributed by atoms with Gasteiger partial charge in [0.25, 0.3) is 5.92 Å². The number of likely N-dealkylation sites (tertiary alicyclic amines) is 1. The monoisotopic (exact) mass is 238 g/mol. The minimum absolute atomic E-state index is 0.131. The molecule has 3 N–H and O–H groups in total. The van der Waals surface area contributed by atoms with Gasteiger partial charge in [-0.3, -0.25) is 0 Å². The van der Waals surface area contributed by atoms with Crippen molar-refractivity contribution in [2.24, 2.45) is 0 Å². The molecule has 0 aromatic rings. The summed E-state index contributed by atoms with van der Waals surface area (Å²) in [5.74, 6) is -3.10. The van der Waals surface area contributed by atoms with Gasteiger partial charge in [-0.15, -0.1) is 0 Å². The molecule has 0 aliphatic carbocycles. The predicted molar refractivity (Wildman–Crippen MR) is 56.6 cm³/mol. The third kappa shape index (κ3) is 5.16. The van der Waals surface area contributed by atoms with Crippen LogP contribution < -0.4 is 5.32 Å². The number of nitrogens with zero attached hydrogens (tertiary/aromatic N) is 1. The summed E-state index contributed by atoms with van der Waals surface area (Å²) >= 11 is 0. The van der Waals surface area contributed by atoms with Crippen molar-refractivity contribution in [2.45, 2.75) is 24.9 Å². The summed E-state index contributed by atoms with van der Waals surface area (Å²) in [5.41, 5.74) is 0. The van der Waals surface area contributed by atoms with Gasteiger partial charge in [0, 0.05) is 13.1 Å². The first-order chi connectivity index (χ1) is 7.53. The summed E-state index contributed by atoms with van der Waals surface area (Å²) in [6, 6.07) is 0. The number of aliphatic hydroxyl groups excluding tert-OH is 2. The molecule has 0 radical (unpaired) electrons. The van der Waals surface area contributed by atoms with Gasteiger partial charge >= 0.3 is 0 Å². The number of rotatable bonds is 7. The second-order valence-electron chi connectivity index (χ2n) is 4.31. The molecule has 0 bridgehead atoms. The molecule has 1 fully saturated rings. The molecular formula is C10H20F2N2O2. The molecule has 0 spiro atoms. The summed E-state index contributed by atoms with van der Waals surface area (Å²) in [6.45, 7) is 0.848. The third-order valence-electron chi connectivity index (χ3n) is 2.66. The Balaban J connectivity index is 2.07. The van der Waals surface area contributed by atoms with E-state index in [4.69, 9.17) is 5.11 Å². The number of hydrogen-bond donors (Lipinski definition) is 3. The predicted octanol–water partition coefficient (Wildman–Crippen LogP) is -0.340. The molecule has 6 heteroatoms. The summed E-state index contributed by atoms with van der Waals surface area (Å²) in [4.78, 5) is 2.12. The highest BCUT2D eigenvalue weighted by atomic mass is 19.3. The molecule has 1 saturated heterocycles. The maximum absolute atomic E-state index is 12.6. The maximum Gasteiger partial charge on any atom is 0.282 e. The molecule has 16 heavy (non-hydrogen) atoms. The second kappa shape index (κ2) is 6.44. The lowest BCUT2D eigenvalue weighted by Crippen LogP contribution is -2.42. The molecule has 0 aromatic heterocycles. The Hall–Kier alpha value is -0.300. The Morgan fingerprint density at radius 2 is 1.94 bits per heavy atom. The van der Waals surface area contributed by atoms with Crippen LogP contribution in [-0.2, 0) is 0 Å². The fourth-order valence-corrected chi connectivity index (χ4v) is 1.81. The number of nitrogens with one attached hydrogen (secondary N) is 1. The van der Waals surface area contributed by atoms with E-state index in [-0.39, 0.29) is 6.54 Å². The van der Waals surface area contributed by atoms with Crippen LogP contribution in [0, 0.1) is 0 Å². The van der Waals surface area contributed by atoms with E-state index in [1.54, 1.807) is 0 Å². The Bertz CT molecular complexity index is 199. The first-order valence-corrected chi connectivity index (χ1v) is 5.63. The van der Waals surface area contributed by atoms with Crippen molar-refractivity contribution in [3.63, 3.8) is 0 Å². The van der Waals surface area contributed by atoms with Gasteiger partial charge in [-0.1, -0.05) is 0 Å². The van der Waals surface area contributed by atoms with Gasteiger partial charge in [0.1, 0.15) is 6.61 Å². The van der Waals surface area contributed by atoms with E-state index in [1.807, 2.05) is 0 Å². The first kappa shape index (κ1) is 13.8. The molecule has 4 nitrogen and oxygen atoms in total. The van der Waals surface area contributed by atoms with Gasteiger partial charge in [0.15, 0.2) is 0 Å². The van der Waals surface area contributed by atoms with Crippen LogP contribution in [0.3, 0.4) is 0 Å². The fourth-order valence-electron chi connectivity index (χ4n) is 1.81. The second-order valence-corrected chi connectivity index (χ2v) is 4.31. The Labute approximate surface area is 94.2 Å². The van der Waals surface area contributed by atoms with Crippen molar-refractivity contribution in [2.75, 3.05) is 39.3 Å². The number of halogens is 2.